The van der Waals surface area contributed by atoms with E-state index in [4.69, 9.17) is 17.4 Å². The number of rotatable bonds is 4. The van der Waals surface area contributed by atoms with E-state index in [9.17, 15) is 0 Å². The van der Waals surface area contributed by atoms with Crippen LogP contribution in [0.25, 0.3) is 0 Å². The molecule has 0 aliphatic rings. The van der Waals surface area contributed by atoms with Gasteiger partial charge < -0.3 is 0 Å². The van der Waals surface area contributed by atoms with Crippen LogP contribution in [0, 0.1) is 0 Å². The van der Waals surface area contributed by atoms with E-state index in [1.807, 2.05) is 24.3 Å². The Kier molecular flexibility index (Phi) is 5.24. The number of hydrazine groups is 1. The van der Waals surface area contributed by atoms with Gasteiger partial charge in [0.2, 0.25) is 0 Å². The van der Waals surface area contributed by atoms with Gasteiger partial charge in [-0.3, -0.25) is 11.3 Å². The lowest BCUT2D eigenvalue weighted by atomic mass is 10.0. The van der Waals surface area contributed by atoms with Crippen LogP contribution in [0.4, 0.5) is 0 Å². The fraction of sp³-hybridized carbons (Fsp3) is 0.167. The fourth-order valence-electron chi connectivity index (χ4n) is 1.73. The second-order valence-electron chi connectivity index (χ2n) is 3.79. The highest BCUT2D eigenvalue weighted by Gasteiger charge is 2.17. The Bertz CT molecular complexity index is 545. The SMILES string of the molecule is NNC(Cc1ccccc1Cl)c1cc(Br)sc1Br. The van der Waals surface area contributed by atoms with Gasteiger partial charge in [-0.25, -0.2) is 0 Å². The number of nitrogens with two attached hydrogens (primary N) is 1. The highest BCUT2D eigenvalue weighted by Crippen LogP contribution is 2.36. The third kappa shape index (κ3) is 3.35. The highest BCUT2D eigenvalue weighted by molar-refractivity contribution is 9.12. The highest BCUT2D eigenvalue weighted by atomic mass is 79.9. The summed E-state index contributed by atoms with van der Waals surface area (Å²) in [6, 6.07) is 9.91. The lowest BCUT2D eigenvalue weighted by molar-refractivity contribution is 0.552. The largest absolute Gasteiger partial charge is 0.271 e. The predicted molar refractivity (Wildman–Crippen MR) is 84.9 cm³/mol. The molecule has 3 N–H and O–H groups in total. The van der Waals surface area contributed by atoms with Gasteiger partial charge in [-0.1, -0.05) is 29.8 Å². The maximum absolute atomic E-state index is 6.17. The maximum atomic E-state index is 6.17. The predicted octanol–water partition coefficient (Wildman–Crippen LogP) is 4.67. The molecule has 0 saturated heterocycles. The Balaban J connectivity index is 2.25. The van der Waals surface area contributed by atoms with Crippen LogP contribution in [0.1, 0.15) is 17.2 Å². The normalized spacial score (nSPS) is 12.7. The molecule has 0 aliphatic carbocycles. The molecule has 0 bridgehead atoms. The fourth-order valence-corrected chi connectivity index (χ4v) is 4.92. The average Bonchev–Trinajstić information content (AvgIpc) is 2.67. The van der Waals surface area contributed by atoms with Crippen LogP contribution < -0.4 is 11.3 Å². The molecule has 0 aliphatic heterocycles. The summed E-state index contributed by atoms with van der Waals surface area (Å²) in [5, 5.41) is 0.767. The van der Waals surface area contributed by atoms with Gasteiger partial charge in [0.1, 0.15) is 0 Å². The van der Waals surface area contributed by atoms with Gasteiger partial charge in [0.25, 0.3) is 0 Å². The van der Waals surface area contributed by atoms with Gasteiger partial charge in [-0.15, -0.1) is 11.3 Å². The van der Waals surface area contributed by atoms with Crippen LogP contribution in [0.5, 0.6) is 0 Å². The molecule has 2 nitrogen and oxygen atoms in total. The minimum Gasteiger partial charge on any atom is -0.271 e. The van der Waals surface area contributed by atoms with Crippen molar-refractivity contribution in [1.29, 1.82) is 0 Å². The molecule has 0 amide bonds. The molecule has 0 spiro atoms. The van der Waals surface area contributed by atoms with Crippen LogP contribution in [-0.2, 0) is 6.42 Å². The zero-order valence-electron chi connectivity index (χ0n) is 9.29. The van der Waals surface area contributed by atoms with E-state index in [1.165, 1.54) is 0 Å². The second-order valence-corrected chi connectivity index (χ2v) is 7.95. The zero-order valence-corrected chi connectivity index (χ0v) is 14.0. The quantitative estimate of drug-likeness (QED) is 0.568. The van der Waals surface area contributed by atoms with E-state index < -0.39 is 0 Å². The smallest absolute Gasteiger partial charge is 0.0758 e. The zero-order chi connectivity index (χ0) is 13.1. The molecule has 6 heteroatoms. The third-order valence-electron chi connectivity index (χ3n) is 2.64. The summed E-state index contributed by atoms with van der Waals surface area (Å²) in [5.41, 5.74) is 5.06. The van der Waals surface area contributed by atoms with Gasteiger partial charge >= 0.3 is 0 Å². The molecule has 0 radical (unpaired) electrons. The van der Waals surface area contributed by atoms with E-state index >= 15 is 0 Å². The van der Waals surface area contributed by atoms with Crippen molar-refractivity contribution in [2.75, 3.05) is 0 Å². The monoisotopic (exact) mass is 408 g/mol. The number of nitrogens with one attached hydrogen (secondary N) is 1. The molecule has 0 fully saturated rings. The second kappa shape index (κ2) is 6.50. The molecular weight excluding hydrogens is 399 g/mol. The van der Waals surface area contributed by atoms with Crippen molar-refractivity contribution in [1.82, 2.24) is 5.43 Å². The van der Waals surface area contributed by atoms with Crippen LogP contribution in [0.15, 0.2) is 37.9 Å². The summed E-state index contributed by atoms with van der Waals surface area (Å²) in [7, 11) is 0. The Morgan fingerprint density at radius 2 is 2.06 bits per heavy atom. The summed E-state index contributed by atoms with van der Waals surface area (Å²) >= 11 is 14.8. The summed E-state index contributed by atoms with van der Waals surface area (Å²) in [5.74, 6) is 5.66. The Hall–Kier alpha value is 0.0900. The van der Waals surface area contributed by atoms with Crippen molar-refractivity contribution in [3.05, 3.63) is 54.1 Å². The van der Waals surface area contributed by atoms with Crippen LogP contribution in [-0.4, -0.2) is 0 Å². The molecule has 1 atom stereocenters. The van der Waals surface area contributed by atoms with Crippen molar-refractivity contribution in [2.24, 2.45) is 5.84 Å². The van der Waals surface area contributed by atoms with E-state index in [2.05, 4.69) is 43.4 Å². The Morgan fingerprint density at radius 3 is 2.61 bits per heavy atom. The summed E-state index contributed by atoms with van der Waals surface area (Å²) in [4.78, 5) is 0. The molecule has 2 aromatic rings. The summed E-state index contributed by atoms with van der Waals surface area (Å²) in [6.07, 6.45) is 0.748. The van der Waals surface area contributed by atoms with E-state index in [0.717, 1.165) is 30.1 Å². The Morgan fingerprint density at radius 1 is 1.33 bits per heavy atom. The van der Waals surface area contributed by atoms with Crippen LogP contribution in [0.3, 0.4) is 0 Å². The van der Waals surface area contributed by atoms with Crippen LogP contribution >= 0.6 is 54.8 Å². The first-order valence-electron chi connectivity index (χ1n) is 5.26. The standard InChI is InChI=1S/C12H11Br2ClN2S/c13-11-6-8(12(14)18-11)10(17-16)5-7-3-1-2-4-9(7)15/h1-4,6,10,17H,5,16H2. The molecule has 18 heavy (non-hydrogen) atoms. The van der Waals surface area contributed by atoms with E-state index in [1.54, 1.807) is 11.3 Å². The van der Waals surface area contributed by atoms with E-state index in [0.29, 0.717) is 0 Å². The summed E-state index contributed by atoms with van der Waals surface area (Å²) < 4.78 is 2.15. The molecular formula is C12H11Br2ClN2S. The van der Waals surface area contributed by atoms with Crippen molar-refractivity contribution >= 4 is 54.8 Å². The number of halogens is 3. The molecule has 1 aromatic carbocycles. The van der Waals surface area contributed by atoms with Crippen molar-refractivity contribution in [3.63, 3.8) is 0 Å². The Labute approximate surface area is 132 Å². The maximum Gasteiger partial charge on any atom is 0.0758 e. The third-order valence-corrected chi connectivity index (χ3v) is 5.40. The molecule has 2 rings (SSSR count). The first kappa shape index (κ1) is 14.5. The molecule has 1 unspecified atom stereocenters. The van der Waals surface area contributed by atoms with Gasteiger partial charge in [-0.05, 0) is 61.5 Å². The number of hydrogen-bond donors (Lipinski definition) is 2. The van der Waals surface area contributed by atoms with Crippen LogP contribution in [0.2, 0.25) is 5.02 Å². The van der Waals surface area contributed by atoms with Gasteiger partial charge in [0.15, 0.2) is 0 Å². The molecule has 96 valence electrons. The van der Waals surface area contributed by atoms with Crippen molar-refractivity contribution in [3.8, 4) is 0 Å². The van der Waals surface area contributed by atoms with Crippen molar-refractivity contribution < 1.29 is 0 Å². The van der Waals surface area contributed by atoms with Crippen molar-refractivity contribution in [2.45, 2.75) is 12.5 Å². The van der Waals surface area contributed by atoms with E-state index in [-0.39, 0.29) is 6.04 Å². The first-order valence-corrected chi connectivity index (χ1v) is 8.04. The topological polar surface area (TPSA) is 38.0 Å². The lowest BCUT2D eigenvalue weighted by Crippen LogP contribution is -2.29. The number of hydrogen-bond acceptors (Lipinski definition) is 3. The number of benzene rings is 1. The number of thiophene rings is 1. The van der Waals surface area contributed by atoms with Gasteiger partial charge in [0.05, 0.1) is 13.6 Å². The average molecular weight is 411 g/mol. The molecule has 1 aromatic heterocycles. The van der Waals surface area contributed by atoms with Gasteiger partial charge in [-0.2, -0.15) is 0 Å². The molecule has 1 heterocycles. The summed E-state index contributed by atoms with van der Waals surface area (Å²) in [6.45, 7) is 0. The molecule has 0 saturated carbocycles. The van der Waals surface area contributed by atoms with Gasteiger partial charge in [0, 0.05) is 5.02 Å². The minimum atomic E-state index is 0.0295. The first-order chi connectivity index (χ1) is 8.61. The lowest BCUT2D eigenvalue weighted by Gasteiger charge is -2.16. The minimum absolute atomic E-state index is 0.0295.